The van der Waals surface area contributed by atoms with Gasteiger partial charge in [0.1, 0.15) is 0 Å². The molecule has 0 spiro atoms. The highest BCUT2D eigenvalue weighted by atomic mass is 16.2. The molecule has 1 atom stereocenters. The molecule has 2 rings (SSSR count). The Morgan fingerprint density at radius 1 is 1.69 bits per heavy atom. The Hall–Kier alpha value is -1.42. The molecular formula is C12H17N3O. The van der Waals surface area contributed by atoms with E-state index in [1.54, 1.807) is 19.3 Å². The van der Waals surface area contributed by atoms with Crippen LogP contribution in [0.1, 0.15) is 25.3 Å². The van der Waals surface area contributed by atoms with Crippen LogP contribution in [-0.2, 0) is 11.3 Å². The summed E-state index contributed by atoms with van der Waals surface area (Å²) >= 11 is 0. The van der Waals surface area contributed by atoms with Crippen LogP contribution in [0.4, 0.5) is 0 Å². The van der Waals surface area contributed by atoms with Crippen LogP contribution in [-0.4, -0.2) is 27.9 Å². The van der Waals surface area contributed by atoms with Crippen molar-refractivity contribution in [3.63, 3.8) is 0 Å². The lowest BCUT2D eigenvalue weighted by atomic mass is 10.2. The number of aromatic nitrogens is 1. The Kier molecular flexibility index (Phi) is 3.19. The number of pyridine rings is 1. The maximum atomic E-state index is 11.9. The van der Waals surface area contributed by atoms with Crippen molar-refractivity contribution in [2.45, 2.75) is 38.4 Å². The molecule has 1 aliphatic rings. The molecule has 4 nitrogen and oxygen atoms in total. The Bertz CT molecular complexity index is 360. The molecule has 86 valence electrons. The summed E-state index contributed by atoms with van der Waals surface area (Å²) in [5, 5.41) is 0. The number of rotatable bonds is 4. The van der Waals surface area contributed by atoms with Crippen molar-refractivity contribution in [2.75, 3.05) is 0 Å². The summed E-state index contributed by atoms with van der Waals surface area (Å²) in [7, 11) is 0. The zero-order valence-corrected chi connectivity index (χ0v) is 9.47. The summed E-state index contributed by atoms with van der Waals surface area (Å²) in [6.07, 6.45) is 5.72. The van der Waals surface area contributed by atoms with Crippen molar-refractivity contribution >= 4 is 5.91 Å². The maximum absolute atomic E-state index is 11.9. The largest absolute Gasteiger partial charge is 0.334 e. The first kappa shape index (κ1) is 11.1. The summed E-state index contributed by atoms with van der Waals surface area (Å²) in [5.74, 6) is 0.0337. The average Bonchev–Trinajstić information content (AvgIpc) is 3.10. The monoisotopic (exact) mass is 219 g/mol. The van der Waals surface area contributed by atoms with Gasteiger partial charge in [0.15, 0.2) is 0 Å². The van der Waals surface area contributed by atoms with Crippen LogP contribution in [0.3, 0.4) is 0 Å². The predicted molar refractivity (Wildman–Crippen MR) is 61.5 cm³/mol. The SMILES string of the molecule is C[C@@H](N)C(=O)N(Cc1cccnc1)C1CC1. The summed E-state index contributed by atoms with van der Waals surface area (Å²) in [6.45, 7) is 2.36. The van der Waals surface area contributed by atoms with E-state index in [2.05, 4.69) is 4.98 Å². The molecule has 1 aromatic heterocycles. The van der Waals surface area contributed by atoms with Crippen molar-refractivity contribution in [1.82, 2.24) is 9.88 Å². The van der Waals surface area contributed by atoms with E-state index in [0.717, 1.165) is 18.4 Å². The van der Waals surface area contributed by atoms with Gasteiger partial charge in [0.25, 0.3) is 0 Å². The van der Waals surface area contributed by atoms with E-state index in [4.69, 9.17) is 5.73 Å². The molecular weight excluding hydrogens is 202 g/mol. The molecule has 0 unspecified atom stereocenters. The lowest BCUT2D eigenvalue weighted by Crippen LogP contribution is -2.42. The number of hydrogen-bond donors (Lipinski definition) is 1. The van der Waals surface area contributed by atoms with Crippen molar-refractivity contribution < 1.29 is 4.79 Å². The van der Waals surface area contributed by atoms with Gasteiger partial charge in [0, 0.05) is 25.0 Å². The van der Waals surface area contributed by atoms with E-state index < -0.39 is 6.04 Å². The molecule has 1 amide bonds. The molecule has 0 radical (unpaired) electrons. The minimum absolute atomic E-state index is 0.0337. The highest BCUT2D eigenvalue weighted by molar-refractivity contribution is 5.81. The van der Waals surface area contributed by atoms with Crippen LogP contribution in [0.25, 0.3) is 0 Å². The topological polar surface area (TPSA) is 59.2 Å². The maximum Gasteiger partial charge on any atom is 0.239 e. The van der Waals surface area contributed by atoms with Gasteiger partial charge < -0.3 is 10.6 Å². The number of nitrogens with two attached hydrogens (primary N) is 1. The van der Waals surface area contributed by atoms with Gasteiger partial charge in [-0.05, 0) is 31.4 Å². The van der Waals surface area contributed by atoms with Gasteiger partial charge in [-0.25, -0.2) is 0 Å². The van der Waals surface area contributed by atoms with Gasteiger partial charge in [-0.2, -0.15) is 0 Å². The van der Waals surface area contributed by atoms with Crippen LogP contribution < -0.4 is 5.73 Å². The number of carbonyl (C=O) groups is 1. The molecule has 2 N–H and O–H groups in total. The standard InChI is InChI=1S/C12H17N3O/c1-9(13)12(16)15(11-4-5-11)8-10-3-2-6-14-7-10/h2-3,6-7,9,11H,4-5,8,13H2,1H3/t9-/m1/s1. The van der Waals surface area contributed by atoms with E-state index in [1.807, 2.05) is 17.0 Å². The van der Waals surface area contributed by atoms with E-state index in [9.17, 15) is 4.79 Å². The van der Waals surface area contributed by atoms with Crippen LogP contribution in [0, 0.1) is 0 Å². The zero-order valence-electron chi connectivity index (χ0n) is 9.47. The van der Waals surface area contributed by atoms with Crippen molar-refractivity contribution in [2.24, 2.45) is 5.73 Å². The molecule has 4 heteroatoms. The molecule has 1 heterocycles. The Balaban J connectivity index is 2.06. The van der Waals surface area contributed by atoms with Gasteiger partial charge in [-0.3, -0.25) is 9.78 Å². The smallest absolute Gasteiger partial charge is 0.239 e. The minimum Gasteiger partial charge on any atom is -0.334 e. The van der Waals surface area contributed by atoms with Gasteiger partial charge in [-0.15, -0.1) is 0 Å². The molecule has 1 aromatic rings. The first-order valence-corrected chi connectivity index (χ1v) is 5.63. The lowest BCUT2D eigenvalue weighted by Gasteiger charge is -2.24. The Morgan fingerprint density at radius 3 is 2.94 bits per heavy atom. The molecule has 0 bridgehead atoms. The van der Waals surface area contributed by atoms with Crippen LogP contribution in [0.5, 0.6) is 0 Å². The third-order valence-electron chi connectivity index (χ3n) is 2.74. The fourth-order valence-corrected chi connectivity index (χ4v) is 1.72. The second kappa shape index (κ2) is 4.61. The van der Waals surface area contributed by atoms with E-state index in [0.29, 0.717) is 12.6 Å². The summed E-state index contributed by atoms with van der Waals surface area (Å²) < 4.78 is 0. The van der Waals surface area contributed by atoms with Crippen LogP contribution in [0.15, 0.2) is 24.5 Å². The highest BCUT2D eigenvalue weighted by Gasteiger charge is 2.33. The number of hydrogen-bond acceptors (Lipinski definition) is 3. The number of carbonyl (C=O) groups excluding carboxylic acids is 1. The quantitative estimate of drug-likeness (QED) is 0.819. The molecule has 16 heavy (non-hydrogen) atoms. The van der Waals surface area contributed by atoms with Crippen LogP contribution >= 0.6 is 0 Å². The van der Waals surface area contributed by atoms with Gasteiger partial charge in [-0.1, -0.05) is 6.07 Å². The second-order valence-corrected chi connectivity index (χ2v) is 4.35. The van der Waals surface area contributed by atoms with Crippen molar-refractivity contribution in [3.05, 3.63) is 30.1 Å². The minimum atomic E-state index is -0.419. The molecule has 1 aliphatic carbocycles. The van der Waals surface area contributed by atoms with E-state index in [-0.39, 0.29) is 5.91 Å². The Labute approximate surface area is 95.5 Å². The summed E-state index contributed by atoms with van der Waals surface area (Å²) in [5.41, 5.74) is 6.71. The number of amides is 1. The molecule has 0 aliphatic heterocycles. The van der Waals surface area contributed by atoms with Crippen LogP contribution in [0.2, 0.25) is 0 Å². The van der Waals surface area contributed by atoms with E-state index in [1.165, 1.54) is 0 Å². The van der Waals surface area contributed by atoms with Gasteiger partial charge in [0.05, 0.1) is 6.04 Å². The zero-order chi connectivity index (χ0) is 11.5. The third-order valence-corrected chi connectivity index (χ3v) is 2.74. The van der Waals surface area contributed by atoms with Gasteiger partial charge >= 0.3 is 0 Å². The molecule has 1 saturated carbocycles. The lowest BCUT2D eigenvalue weighted by molar-refractivity contribution is -0.133. The highest BCUT2D eigenvalue weighted by Crippen LogP contribution is 2.28. The first-order valence-electron chi connectivity index (χ1n) is 5.63. The molecule has 0 aromatic carbocycles. The fraction of sp³-hybridized carbons (Fsp3) is 0.500. The normalized spacial score (nSPS) is 16.9. The van der Waals surface area contributed by atoms with Crippen molar-refractivity contribution in [1.29, 1.82) is 0 Å². The van der Waals surface area contributed by atoms with Crippen molar-refractivity contribution in [3.8, 4) is 0 Å². The van der Waals surface area contributed by atoms with Gasteiger partial charge in [0.2, 0.25) is 5.91 Å². The second-order valence-electron chi connectivity index (χ2n) is 4.35. The number of nitrogens with zero attached hydrogens (tertiary/aromatic N) is 2. The third kappa shape index (κ3) is 2.58. The van der Waals surface area contributed by atoms with E-state index >= 15 is 0 Å². The average molecular weight is 219 g/mol. The first-order chi connectivity index (χ1) is 7.68. The molecule has 1 fully saturated rings. The summed E-state index contributed by atoms with van der Waals surface area (Å²) in [4.78, 5) is 17.8. The predicted octanol–water partition coefficient (Wildman–Crippen LogP) is 0.920. The Morgan fingerprint density at radius 2 is 2.44 bits per heavy atom. The fourth-order valence-electron chi connectivity index (χ4n) is 1.72. The summed E-state index contributed by atoms with van der Waals surface area (Å²) in [6, 6.07) is 3.84. The molecule has 0 saturated heterocycles.